The molecule has 0 unspecified atom stereocenters. The second-order valence-corrected chi connectivity index (χ2v) is 16.9. The number of hydrogen-bond donors (Lipinski definition) is 2. The number of likely N-dealkylation sites (N-methyl/N-ethyl adjacent to an activating group) is 1. The molecule has 60 heavy (non-hydrogen) atoms. The van der Waals surface area contributed by atoms with Crippen molar-refractivity contribution in [3.63, 3.8) is 0 Å². The number of rotatable bonds is 13. The number of carbonyl (C=O) groups is 3. The number of nitrogens with one attached hydrogen (secondary N) is 2. The lowest BCUT2D eigenvalue weighted by Crippen LogP contribution is -2.46. The zero-order chi connectivity index (χ0) is 41.8. The van der Waals surface area contributed by atoms with Crippen LogP contribution in [0.25, 0.3) is 16.3 Å². The van der Waals surface area contributed by atoms with E-state index in [1.165, 1.54) is 41.0 Å². The molecule has 0 bridgehead atoms. The van der Waals surface area contributed by atoms with Crippen LogP contribution in [-0.4, -0.2) is 95.8 Å². The van der Waals surface area contributed by atoms with Gasteiger partial charge in [-0.2, -0.15) is 0 Å². The summed E-state index contributed by atoms with van der Waals surface area (Å²) >= 11 is 0. The van der Waals surface area contributed by atoms with Gasteiger partial charge in [0.05, 0.1) is 10.6 Å². The Bertz CT molecular complexity index is 2610. The van der Waals surface area contributed by atoms with Crippen LogP contribution >= 0.6 is 0 Å². The number of amides is 3. The largest absolute Gasteiger partial charge is 0.383 e. The third-order valence-electron chi connectivity index (χ3n) is 11.0. The summed E-state index contributed by atoms with van der Waals surface area (Å²) in [7, 11) is -0.312. The van der Waals surface area contributed by atoms with Gasteiger partial charge in [-0.05, 0) is 97.5 Å². The van der Waals surface area contributed by atoms with Gasteiger partial charge in [0.1, 0.15) is 0 Å². The quantitative estimate of drug-likeness (QED) is 0.119. The number of imide groups is 1. The van der Waals surface area contributed by atoms with Crippen LogP contribution in [0, 0.1) is 0 Å². The van der Waals surface area contributed by atoms with Crippen molar-refractivity contribution in [1.82, 2.24) is 14.5 Å². The second kappa shape index (κ2) is 17.3. The smallest absolute Gasteiger partial charge is 0.265 e. The molecule has 6 aromatic carbocycles. The van der Waals surface area contributed by atoms with E-state index >= 15 is 0 Å². The average Bonchev–Trinajstić information content (AvgIpc) is 3.27. The summed E-state index contributed by atoms with van der Waals surface area (Å²) in [5.41, 5.74) is 6.52. The molecule has 0 aromatic heterocycles. The lowest BCUT2D eigenvalue weighted by atomic mass is 9.92. The van der Waals surface area contributed by atoms with E-state index in [4.69, 9.17) is 0 Å². The minimum absolute atomic E-state index is 0.184. The first-order valence-corrected chi connectivity index (χ1v) is 21.4. The predicted octanol–water partition coefficient (Wildman–Crippen LogP) is 6.99. The highest BCUT2D eigenvalue weighted by Gasteiger charge is 2.35. The summed E-state index contributed by atoms with van der Waals surface area (Å²) in [6, 6.07) is 42.0. The molecule has 2 aliphatic rings. The highest BCUT2D eigenvalue weighted by molar-refractivity contribution is 7.90. The van der Waals surface area contributed by atoms with Crippen molar-refractivity contribution in [1.29, 1.82) is 0 Å². The van der Waals surface area contributed by atoms with Gasteiger partial charge in [-0.3, -0.25) is 19.3 Å². The molecule has 0 saturated carbocycles. The standard InChI is InChI=1S/C48H46N6O5S/c1-51(2)29-27-49-44-25-24-43-45-41(44)14-9-15-42(45)47(56)54(48(43)57)38-20-22-39(23-21-38)60(58,59)50-46(55)36-16-18-37(19-17-36)53-32-30-52(31-33-53)28-26-40(34-10-5-3-6-11-34)35-12-7-4-8-13-35/h3-26,49H,27-33H2,1-2H3,(H,50,55). The molecule has 6 aromatic rings. The van der Waals surface area contributed by atoms with Gasteiger partial charge in [-0.25, -0.2) is 18.0 Å². The maximum atomic E-state index is 13.8. The molecule has 2 heterocycles. The summed E-state index contributed by atoms with van der Waals surface area (Å²) in [6.45, 7) is 5.66. The van der Waals surface area contributed by atoms with E-state index in [9.17, 15) is 22.8 Å². The Morgan fingerprint density at radius 1 is 0.667 bits per heavy atom. The molecular weight excluding hydrogens is 773 g/mol. The van der Waals surface area contributed by atoms with Crippen molar-refractivity contribution >= 4 is 61.2 Å². The fourth-order valence-electron chi connectivity index (χ4n) is 7.78. The van der Waals surface area contributed by atoms with Crippen molar-refractivity contribution in [3.05, 3.63) is 173 Å². The topological polar surface area (TPSA) is 122 Å². The van der Waals surface area contributed by atoms with E-state index in [1.54, 1.807) is 30.3 Å². The maximum Gasteiger partial charge on any atom is 0.265 e. The number of nitrogens with zero attached hydrogens (tertiary/aromatic N) is 4. The van der Waals surface area contributed by atoms with Gasteiger partial charge < -0.3 is 15.1 Å². The Morgan fingerprint density at radius 3 is 1.88 bits per heavy atom. The normalized spacial score (nSPS) is 14.4. The lowest BCUT2D eigenvalue weighted by Gasteiger charge is -2.35. The van der Waals surface area contributed by atoms with Crippen molar-refractivity contribution in [2.24, 2.45) is 0 Å². The van der Waals surface area contributed by atoms with Crippen LogP contribution < -0.4 is 19.8 Å². The minimum Gasteiger partial charge on any atom is -0.383 e. The molecule has 304 valence electrons. The molecule has 1 fully saturated rings. The van der Waals surface area contributed by atoms with Crippen LogP contribution in [0.15, 0.2) is 150 Å². The summed E-state index contributed by atoms with van der Waals surface area (Å²) in [6.07, 6.45) is 2.30. The molecule has 0 aliphatic carbocycles. The molecule has 2 N–H and O–H groups in total. The van der Waals surface area contributed by atoms with Gasteiger partial charge in [-0.1, -0.05) is 78.9 Å². The molecule has 1 saturated heterocycles. The van der Waals surface area contributed by atoms with Crippen LogP contribution in [0.3, 0.4) is 0 Å². The van der Waals surface area contributed by atoms with Crippen molar-refractivity contribution in [2.75, 3.05) is 75.0 Å². The van der Waals surface area contributed by atoms with E-state index in [-0.39, 0.29) is 16.1 Å². The molecule has 0 atom stereocenters. The van der Waals surface area contributed by atoms with E-state index < -0.39 is 27.7 Å². The fraction of sp³-hybridized carbons (Fsp3) is 0.188. The van der Waals surface area contributed by atoms with Crippen molar-refractivity contribution in [2.45, 2.75) is 4.90 Å². The van der Waals surface area contributed by atoms with Gasteiger partial charge in [0, 0.05) is 84.7 Å². The third-order valence-corrected chi connectivity index (χ3v) is 12.4. The number of anilines is 3. The van der Waals surface area contributed by atoms with Gasteiger partial charge >= 0.3 is 0 Å². The summed E-state index contributed by atoms with van der Waals surface area (Å²) in [4.78, 5) is 48.4. The molecule has 8 rings (SSSR count). The van der Waals surface area contributed by atoms with Gasteiger partial charge in [0.2, 0.25) is 0 Å². The zero-order valence-electron chi connectivity index (χ0n) is 33.5. The Labute approximate surface area is 350 Å². The number of piperazine rings is 1. The van der Waals surface area contributed by atoms with Crippen LogP contribution in [0.5, 0.6) is 0 Å². The van der Waals surface area contributed by atoms with Gasteiger partial charge in [0.15, 0.2) is 0 Å². The average molecular weight is 819 g/mol. The van der Waals surface area contributed by atoms with Gasteiger partial charge in [-0.15, -0.1) is 0 Å². The monoisotopic (exact) mass is 818 g/mol. The van der Waals surface area contributed by atoms with Crippen LogP contribution in [-0.2, 0) is 10.0 Å². The fourth-order valence-corrected chi connectivity index (χ4v) is 8.76. The van der Waals surface area contributed by atoms with E-state index in [0.29, 0.717) is 23.1 Å². The second-order valence-electron chi connectivity index (χ2n) is 15.2. The summed E-state index contributed by atoms with van der Waals surface area (Å²) < 4.78 is 28.9. The minimum atomic E-state index is -4.28. The number of carbonyl (C=O) groups excluding carboxylic acids is 3. The third kappa shape index (κ3) is 8.44. The highest BCUT2D eigenvalue weighted by Crippen LogP contribution is 2.36. The van der Waals surface area contributed by atoms with E-state index in [2.05, 4.69) is 79.3 Å². The van der Waals surface area contributed by atoms with Crippen LogP contribution in [0.1, 0.15) is 42.2 Å². The molecule has 0 spiro atoms. The molecule has 12 heteroatoms. The van der Waals surface area contributed by atoms with Crippen LogP contribution in [0.2, 0.25) is 0 Å². The molecule has 11 nitrogen and oxygen atoms in total. The predicted molar refractivity (Wildman–Crippen MR) is 238 cm³/mol. The molecular formula is C48H46N6O5S. The zero-order valence-corrected chi connectivity index (χ0v) is 34.4. The lowest BCUT2D eigenvalue weighted by molar-refractivity contribution is 0.0892. The Balaban J connectivity index is 0.885. The number of sulfonamides is 1. The molecule has 3 amide bonds. The van der Waals surface area contributed by atoms with E-state index in [0.717, 1.165) is 60.9 Å². The first kappa shape index (κ1) is 40.2. The van der Waals surface area contributed by atoms with Crippen LogP contribution in [0.4, 0.5) is 17.1 Å². The SMILES string of the molecule is CN(C)CCNc1ccc2c3c(cccc13)C(=O)N(c1ccc(S(=O)(=O)NC(=O)c3ccc(N4CCN(CC=C(c5ccccc5)c5ccccc5)CC4)cc3)cc1)C2=O. The first-order chi connectivity index (χ1) is 29.1. The van der Waals surface area contributed by atoms with Crippen molar-refractivity contribution < 1.29 is 22.8 Å². The van der Waals surface area contributed by atoms with E-state index in [1.807, 2.05) is 50.5 Å². The highest BCUT2D eigenvalue weighted by atomic mass is 32.2. The molecule has 0 radical (unpaired) electrons. The summed E-state index contributed by atoms with van der Waals surface area (Å²) in [5, 5.41) is 4.75. The Hall–Kier alpha value is -6.60. The van der Waals surface area contributed by atoms with Gasteiger partial charge in [0.25, 0.3) is 27.7 Å². The Kier molecular flexibility index (Phi) is 11.6. The van der Waals surface area contributed by atoms with Crippen molar-refractivity contribution in [3.8, 4) is 0 Å². The Morgan fingerprint density at radius 2 is 1.27 bits per heavy atom. The summed E-state index contributed by atoms with van der Waals surface area (Å²) in [5.74, 6) is -1.78. The first-order valence-electron chi connectivity index (χ1n) is 20.0. The number of benzene rings is 6. The number of hydrogen-bond acceptors (Lipinski definition) is 9. The maximum absolute atomic E-state index is 13.8. The molecule has 2 aliphatic heterocycles.